The summed E-state index contributed by atoms with van der Waals surface area (Å²) in [5.74, 6) is 3.30. The van der Waals surface area contributed by atoms with Crippen LogP contribution in [0.15, 0.2) is 0 Å². The molecule has 0 aromatic carbocycles. The molecule has 19 heavy (non-hydrogen) atoms. The molecular weight excluding hydrogens is 228 g/mol. The zero-order chi connectivity index (χ0) is 13.3. The second-order valence-electron chi connectivity index (χ2n) is 7.46. The van der Waals surface area contributed by atoms with Crippen molar-refractivity contribution in [1.29, 1.82) is 0 Å². The van der Waals surface area contributed by atoms with E-state index in [-0.39, 0.29) is 0 Å². The molecule has 0 nitrogen and oxygen atoms in total. The van der Waals surface area contributed by atoms with Crippen LogP contribution in [-0.4, -0.2) is 0 Å². The fourth-order valence-electron chi connectivity index (χ4n) is 4.44. The third-order valence-electron chi connectivity index (χ3n) is 5.89. The average Bonchev–Trinajstić information content (AvgIpc) is 2.48. The Morgan fingerprint density at radius 1 is 0.579 bits per heavy atom. The van der Waals surface area contributed by atoms with Crippen molar-refractivity contribution in [2.75, 3.05) is 0 Å². The average molecular weight is 264 g/mol. The van der Waals surface area contributed by atoms with E-state index >= 15 is 0 Å². The summed E-state index contributed by atoms with van der Waals surface area (Å²) in [5.41, 5.74) is 0. The van der Waals surface area contributed by atoms with Gasteiger partial charge in [0.05, 0.1) is 0 Å². The van der Waals surface area contributed by atoms with Crippen LogP contribution in [0.5, 0.6) is 0 Å². The van der Waals surface area contributed by atoms with Crippen LogP contribution in [0, 0.1) is 17.8 Å². The van der Waals surface area contributed by atoms with E-state index in [4.69, 9.17) is 0 Å². The maximum atomic E-state index is 2.32. The van der Waals surface area contributed by atoms with Crippen molar-refractivity contribution in [2.45, 2.75) is 103 Å². The Labute approximate surface area is 121 Å². The summed E-state index contributed by atoms with van der Waals surface area (Å²) >= 11 is 0. The van der Waals surface area contributed by atoms with E-state index in [2.05, 4.69) is 6.92 Å². The van der Waals surface area contributed by atoms with Crippen LogP contribution in [0.1, 0.15) is 103 Å². The zero-order valence-corrected chi connectivity index (χ0v) is 13.3. The van der Waals surface area contributed by atoms with Crippen molar-refractivity contribution in [1.82, 2.24) is 0 Å². The number of rotatable bonds is 7. The fraction of sp³-hybridized carbons (Fsp3) is 1.00. The van der Waals surface area contributed by atoms with Crippen molar-refractivity contribution < 1.29 is 0 Å². The van der Waals surface area contributed by atoms with Gasteiger partial charge in [-0.2, -0.15) is 0 Å². The van der Waals surface area contributed by atoms with Crippen molar-refractivity contribution in [2.24, 2.45) is 17.8 Å². The molecule has 0 N–H and O–H groups in total. The molecule has 0 aromatic rings. The lowest BCUT2D eigenvalue weighted by Crippen LogP contribution is -2.16. The molecule has 0 spiro atoms. The number of hydrogen-bond acceptors (Lipinski definition) is 0. The highest BCUT2D eigenvalue weighted by molar-refractivity contribution is 4.75. The molecule has 0 saturated heterocycles. The van der Waals surface area contributed by atoms with Crippen LogP contribution in [0.2, 0.25) is 0 Å². The minimum absolute atomic E-state index is 1.09. The highest BCUT2D eigenvalue weighted by atomic mass is 14.3. The molecule has 0 heterocycles. The first kappa shape index (κ1) is 15.4. The van der Waals surface area contributed by atoms with Crippen LogP contribution in [0.3, 0.4) is 0 Å². The van der Waals surface area contributed by atoms with Crippen molar-refractivity contribution in [3.8, 4) is 0 Å². The Kier molecular flexibility index (Phi) is 7.32. The predicted octanol–water partition coefficient (Wildman–Crippen LogP) is 6.73. The largest absolute Gasteiger partial charge is 0.0654 e. The van der Waals surface area contributed by atoms with Gasteiger partial charge in [0, 0.05) is 0 Å². The van der Waals surface area contributed by atoms with Gasteiger partial charge in [-0.25, -0.2) is 0 Å². The van der Waals surface area contributed by atoms with Crippen LogP contribution < -0.4 is 0 Å². The number of hydrogen-bond donors (Lipinski definition) is 0. The normalized spacial score (nSPS) is 29.5. The maximum Gasteiger partial charge on any atom is -0.0414 e. The third-order valence-corrected chi connectivity index (χ3v) is 5.89. The first-order valence-corrected chi connectivity index (χ1v) is 9.38. The topological polar surface area (TPSA) is 0 Å². The van der Waals surface area contributed by atoms with Crippen molar-refractivity contribution in [3.63, 3.8) is 0 Å². The lowest BCUT2D eigenvalue weighted by molar-refractivity contribution is 0.226. The van der Waals surface area contributed by atoms with Gasteiger partial charge in [0.25, 0.3) is 0 Å². The molecule has 0 aromatic heterocycles. The lowest BCUT2D eigenvalue weighted by Gasteiger charge is -2.30. The Bertz CT molecular complexity index is 206. The molecule has 2 rings (SSSR count). The minimum Gasteiger partial charge on any atom is -0.0654 e. The smallest absolute Gasteiger partial charge is 0.0414 e. The molecular formula is C19H36. The minimum atomic E-state index is 1.09. The van der Waals surface area contributed by atoms with E-state index in [0.29, 0.717) is 0 Å². The molecule has 0 unspecified atom stereocenters. The second-order valence-corrected chi connectivity index (χ2v) is 7.46. The molecule has 0 amide bonds. The van der Waals surface area contributed by atoms with Crippen molar-refractivity contribution in [3.05, 3.63) is 0 Å². The molecule has 0 aliphatic heterocycles. The zero-order valence-electron chi connectivity index (χ0n) is 13.3. The van der Waals surface area contributed by atoms with Gasteiger partial charge in [0.15, 0.2) is 0 Å². The maximum absolute atomic E-state index is 2.32. The quantitative estimate of drug-likeness (QED) is 0.447. The van der Waals surface area contributed by atoms with E-state index in [1.165, 1.54) is 44.9 Å². The summed E-state index contributed by atoms with van der Waals surface area (Å²) in [4.78, 5) is 0. The van der Waals surface area contributed by atoms with Crippen molar-refractivity contribution >= 4 is 0 Å². The molecule has 0 heteroatoms. The third kappa shape index (κ3) is 5.88. The molecule has 2 aliphatic carbocycles. The van der Waals surface area contributed by atoms with Gasteiger partial charge in [-0.05, 0) is 17.8 Å². The lowest BCUT2D eigenvalue weighted by atomic mass is 9.76. The van der Waals surface area contributed by atoms with Gasteiger partial charge < -0.3 is 0 Å². The van der Waals surface area contributed by atoms with Gasteiger partial charge in [-0.3, -0.25) is 0 Å². The Morgan fingerprint density at radius 2 is 1.11 bits per heavy atom. The monoisotopic (exact) mass is 264 g/mol. The van der Waals surface area contributed by atoms with Gasteiger partial charge in [0.1, 0.15) is 0 Å². The molecule has 0 bridgehead atoms. The molecule has 0 atom stereocenters. The summed E-state index contributed by atoms with van der Waals surface area (Å²) in [7, 11) is 0. The molecule has 2 saturated carbocycles. The first-order chi connectivity index (χ1) is 9.38. The standard InChI is InChI=1S/C19H36/c1-2-3-5-8-18-12-15-19(16-13-18)14-11-17-9-6-4-7-10-17/h17-19H,2-16H2,1H3/t18-,19-. The Hall–Kier alpha value is 0. The summed E-state index contributed by atoms with van der Waals surface area (Å²) in [6.07, 6.45) is 22.9. The molecule has 2 fully saturated rings. The Morgan fingerprint density at radius 3 is 1.68 bits per heavy atom. The van der Waals surface area contributed by atoms with E-state index in [1.54, 1.807) is 51.4 Å². The predicted molar refractivity (Wildman–Crippen MR) is 85.4 cm³/mol. The highest BCUT2D eigenvalue weighted by Crippen LogP contribution is 2.36. The number of unbranched alkanes of at least 4 members (excludes halogenated alkanes) is 2. The van der Waals surface area contributed by atoms with Gasteiger partial charge in [-0.15, -0.1) is 0 Å². The fourth-order valence-corrected chi connectivity index (χ4v) is 4.44. The van der Waals surface area contributed by atoms with Crippen LogP contribution in [0.25, 0.3) is 0 Å². The van der Waals surface area contributed by atoms with Gasteiger partial charge in [-0.1, -0.05) is 103 Å². The van der Waals surface area contributed by atoms with E-state index < -0.39 is 0 Å². The van der Waals surface area contributed by atoms with Crippen LogP contribution in [-0.2, 0) is 0 Å². The van der Waals surface area contributed by atoms with E-state index in [9.17, 15) is 0 Å². The molecule has 2 aliphatic rings. The molecule has 0 radical (unpaired) electrons. The summed E-state index contributed by atoms with van der Waals surface area (Å²) < 4.78 is 0. The van der Waals surface area contributed by atoms with Gasteiger partial charge in [0.2, 0.25) is 0 Å². The second kappa shape index (κ2) is 9.03. The van der Waals surface area contributed by atoms with Gasteiger partial charge >= 0.3 is 0 Å². The van der Waals surface area contributed by atoms with Crippen LogP contribution in [0.4, 0.5) is 0 Å². The highest BCUT2D eigenvalue weighted by Gasteiger charge is 2.22. The summed E-state index contributed by atoms with van der Waals surface area (Å²) in [6.45, 7) is 2.32. The SMILES string of the molecule is CCCCC[C@H]1CC[C@H](CCC2CCCCC2)CC1. The van der Waals surface area contributed by atoms with E-state index in [1.807, 2.05) is 0 Å². The Balaban J connectivity index is 1.53. The molecule has 112 valence electrons. The van der Waals surface area contributed by atoms with Crippen LogP contribution >= 0.6 is 0 Å². The summed E-state index contributed by atoms with van der Waals surface area (Å²) in [5, 5.41) is 0. The first-order valence-electron chi connectivity index (χ1n) is 9.38. The van der Waals surface area contributed by atoms with E-state index in [0.717, 1.165) is 17.8 Å². The summed E-state index contributed by atoms with van der Waals surface area (Å²) in [6, 6.07) is 0.